The van der Waals surface area contributed by atoms with Crippen molar-refractivity contribution in [3.63, 3.8) is 0 Å². The first-order valence-electron chi connectivity index (χ1n) is 4.63. The largest absolute Gasteiger partial charge is 0.440 e. The molecule has 1 amide bonds. The molecular formula is C10H12ClNO2. The lowest BCUT2D eigenvalue weighted by Crippen LogP contribution is -2.28. The summed E-state index contributed by atoms with van der Waals surface area (Å²) in [4.78, 5) is 11.5. The van der Waals surface area contributed by atoms with E-state index in [1.165, 1.54) is 12.8 Å². The monoisotopic (exact) mass is 213 g/mol. The van der Waals surface area contributed by atoms with E-state index in [0.717, 1.165) is 0 Å². The molecule has 0 saturated heterocycles. The standard InChI is InChI=1S/C10H12ClNO2/c1-10(4-5-10)6-12-9(13)7-2-3-8(11)14-7/h2-3H,4-6H2,1H3,(H,12,13). The van der Waals surface area contributed by atoms with Crippen LogP contribution in [-0.4, -0.2) is 12.5 Å². The lowest BCUT2D eigenvalue weighted by molar-refractivity contribution is 0.0918. The third-order valence-electron chi connectivity index (χ3n) is 2.58. The van der Waals surface area contributed by atoms with E-state index < -0.39 is 0 Å². The number of hydrogen-bond acceptors (Lipinski definition) is 2. The number of furan rings is 1. The van der Waals surface area contributed by atoms with E-state index in [-0.39, 0.29) is 16.9 Å². The van der Waals surface area contributed by atoms with E-state index in [0.29, 0.717) is 12.0 Å². The van der Waals surface area contributed by atoms with E-state index in [4.69, 9.17) is 16.0 Å². The van der Waals surface area contributed by atoms with Crippen molar-refractivity contribution >= 4 is 17.5 Å². The molecule has 0 radical (unpaired) electrons. The molecule has 1 N–H and O–H groups in total. The van der Waals surface area contributed by atoms with Crippen LogP contribution in [0.5, 0.6) is 0 Å². The minimum atomic E-state index is -0.190. The van der Waals surface area contributed by atoms with Crippen molar-refractivity contribution in [3.8, 4) is 0 Å². The molecule has 0 bridgehead atoms. The van der Waals surface area contributed by atoms with Crippen molar-refractivity contribution in [1.29, 1.82) is 0 Å². The van der Waals surface area contributed by atoms with Crippen molar-refractivity contribution in [2.75, 3.05) is 6.54 Å². The number of carbonyl (C=O) groups excluding carboxylic acids is 1. The second-order valence-corrected chi connectivity index (χ2v) is 4.47. The van der Waals surface area contributed by atoms with Gasteiger partial charge in [-0.3, -0.25) is 4.79 Å². The van der Waals surface area contributed by atoms with Gasteiger partial charge in [-0.25, -0.2) is 0 Å². The normalized spacial score (nSPS) is 17.9. The molecule has 0 aliphatic heterocycles. The fraction of sp³-hybridized carbons (Fsp3) is 0.500. The zero-order chi connectivity index (χ0) is 10.2. The van der Waals surface area contributed by atoms with Gasteiger partial charge >= 0.3 is 0 Å². The van der Waals surface area contributed by atoms with Gasteiger partial charge in [0.25, 0.3) is 5.91 Å². The minimum absolute atomic E-state index is 0.190. The first-order chi connectivity index (χ1) is 6.59. The molecule has 0 unspecified atom stereocenters. The van der Waals surface area contributed by atoms with Gasteiger partial charge in [-0.1, -0.05) is 6.92 Å². The summed E-state index contributed by atoms with van der Waals surface area (Å²) in [6.45, 7) is 2.87. The third-order valence-corrected chi connectivity index (χ3v) is 2.78. The summed E-state index contributed by atoms with van der Waals surface area (Å²) in [7, 11) is 0. The molecular weight excluding hydrogens is 202 g/mol. The van der Waals surface area contributed by atoms with Crippen LogP contribution in [0.4, 0.5) is 0 Å². The number of rotatable bonds is 3. The molecule has 76 valence electrons. The van der Waals surface area contributed by atoms with Gasteiger partial charge < -0.3 is 9.73 Å². The zero-order valence-corrected chi connectivity index (χ0v) is 8.73. The Hall–Kier alpha value is -0.960. The highest BCUT2D eigenvalue weighted by atomic mass is 35.5. The molecule has 4 heteroatoms. The lowest BCUT2D eigenvalue weighted by Gasteiger charge is -2.08. The molecule has 1 aromatic heterocycles. The molecule has 0 aromatic carbocycles. The smallest absolute Gasteiger partial charge is 0.287 e. The maximum Gasteiger partial charge on any atom is 0.287 e. The molecule has 0 spiro atoms. The van der Waals surface area contributed by atoms with E-state index in [2.05, 4.69) is 12.2 Å². The summed E-state index contributed by atoms with van der Waals surface area (Å²) in [6, 6.07) is 3.14. The quantitative estimate of drug-likeness (QED) is 0.838. The summed E-state index contributed by atoms with van der Waals surface area (Å²) in [5.41, 5.74) is 0.312. The molecule has 1 saturated carbocycles. The van der Waals surface area contributed by atoms with E-state index >= 15 is 0 Å². The highest BCUT2D eigenvalue weighted by molar-refractivity contribution is 6.29. The van der Waals surface area contributed by atoms with Crippen molar-refractivity contribution in [2.24, 2.45) is 5.41 Å². The van der Waals surface area contributed by atoms with Crippen LogP contribution in [0.25, 0.3) is 0 Å². The maximum absolute atomic E-state index is 11.5. The van der Waals surface area contributed by atoms with Gasteiger partial charge in [0, 0.05) is 6.54 Å². The summed E-state index contributed by atoms with van der Waals surface area (Å²) in [5.74, 6) is 0.0873. The summed E-state index contributed by atoms with van der Waals surface area (Å²) in [6.07, 6.45) is 2.37. The Labute approximate surface area is 87.4 Å². The highest BCUT2D eigenvalue weighted by Crippen LogP contribution is 2.44. The van der Waals surface area contributed by atoms with Crippen LogP contribution in [0.2, 0.25) is 5.22 Å². The van der Waals surface area contributed by atoms with Crippen molar-refractivity contribution < 1.29 is 9.21 Å². The second-order valence-electron chi connectivity index (χ2n) is 4.10. The van der Waals surface area contributed by atoms with Crippen molar-refractivity contribution in [3.05, 3.63) is 23.1 Å². The van der Waals surface area contributed by atoms with Crippen LogP contribution in [0.1, 0.15) is 30.3 Å². The van der Waals surface area contributed by atoms with Gasteiger partial charge in [-0.15, -0.1) is 0 Å². The first-order valence-corrected chi connectivity index (χ1v) is 5.00. The molecule has 1 aromatic rings. The van der Waals surface area contributed by atoms with Crippen molar-refractivity contribution in [1.82, 2.24) is 5.32 Å². The summed E-state index contributed by atoms with van der Waals surface area (Å²) < 4.78 is 4.98. The Balaban J connectivity index is 1.89. The summed E-state index contributed by atoms with van der Waals surface area (Å²) >= 11 is 5.56. The van der Waals surface area contributed by atoms with E-state index in [1.807, 2.05) is 0 Å². The van der Waals surface area contributed by atoms with Crippen LogP contribution < -0.4 is 5.32 Å². The SMILES string of the molecule is CC1(CNC(=O)c2ccc(Cl)o2)CC1. The first kappa shape index (κ1) is 9.59. The number of hydrogen-bond donors (Lipinski definition) is 1. The summed E-state index contributed by atoms with van der Waals surface area (Å²) in [5, 5.41) is 3.07. The molecule has 1 heterocycles. The number of nitrogens with one attached hydrogen (secondary N) is 1. The van der Waals surface area contributed by atoms with Gasteiger partial charge in [0.05, 0.1) is 0 Å². The van der Waals surface area contributed by atoms with Gasteiger partial charge in [-0.2, -0.15) is 0 Å². The Kier molecular flexibility index (Phi) is 2.27. The van der Waals surface area contributed by atoms with Gasteiger partial charge in [0.1, 0.15) is 0 Å². The molecule has 1 fully saturated rings. The van der Waals surface area contributed by atoms with E-state index in [1.54, 1.807) is 12.1 Å². The number of amides is 1. The van der Waals surface area contributed by atoms with Crippen LogP contribution in [0.3, 0.4) is 0 Å². The highest BCUT2D eigenvalue weighted by Gasteiger charge is 2.37. The molecule has 1 aliphatic rings. The maximum atomic E-state index is 11.5. The number of halogens is 1. The predicted molar refractivity (Wildman–Crippen MR) is 53.4 cm³/mol. The zero-order valence-electron chi connectivity index (χ0n) is 7.97. The Morgan fingerprint density at radius 2 is 2.36 bits per heavy atom. The molecule has 0 atom stereocenters. The van der Waals surface area contributed by atoms with Crippen LogP contribution in [0, 0.1) is 5.41 Å². The van der Waals surface area contributed by atoms with Gasteiger partial charge in [-0.05, 0) is 42.0 Å². The predicted octanol–water partition coefficient (Wildman–Crippen LogP) is 2.46. The lowest BCUT2D eigenvalue weighted by atomic mass is 10.1. The molecule has 14 heavy (non-hydrogen) atoms. The second kappa shape index (κ2) is 3.31. The average molecular weight is 214 g/mol. The molecule has 1 aliphatic carbocycles. The van der Waals surface area contributed by atoms with Crippen LogP contribution >= 0.6 is 11.6 Å². The minimum Gasteiger partial charge on any atom is -0.440 e. The number of carbonyl (C=O) groups is 1. The Morgan fingerprint density at radius 3 is 2.86 bits per heavy atom. The Bertz CT molecular complexity index is 355. The fourth-order valence-electron chi connectivity index (χ4n) is 1.21. The average Bonchev–Trinajstić information content (AvgIpc) is 2.71. The Morgan fingerprint density at radius 1 is 1.64 bits per heavy atom. The fourth-order valence-corrected chi connectivity index (χ4v) is 1.35. The molecule has 3 nitrogen and oxygen atoms in total. The molecule has 2 rings (SSSR count). The van der Waals surface area contributed by atoms with E-state index in [9.17, 15) is 4.79 Å². The van der Waals surface area contributed by atoms with Crippen LogP contribution in [-0.2, 0) is 0 Å². The van der Waals surface area contributed by atoms with Gasteiger partial charge in [0.2, 0.25) is 0 Å². The van der Waals surface area contributed by atoms with Gasteiger partial charge in [0.15, 0.2) is 11.0 Å². The van der Waals surface area contributed by atoms with Crippen LogP contribution in [0.15, 0.2) is 16.5 Å². The van der Waals surface area contributed by atoms with Crippen molar-refractivity contribution in [2.45, 2.75) is 19.8 Å². The topological polar surface area (TPSA) is 42.2 Å². The third kappa shape index (κ3) is 2.10.